The van der Waals surface area contributed by atoms with E-state index < -0.39 is 0 Å². The van der Waals surface area contributed by atoms with Crippen LogP contribution >= 0.6 is 0 Å². The molecule has 0 nitrogen and oxygen atoms in total. The van der Waals surface area contributed by atoms with Crippen LogP contribution in [0.4, 0.5) is 0 Å². The Kier molecular flexibility index (Phi) is 18.6. The summed E-state index contributed by atoms with van der Waals surface area (Å²) in [6.07, 6.45) is 12.5. The van der Waals surface area contributed by atoms with E-state index in [1.807, 2.05) is 0 Å². The molecule has 0 amide bonds. The largest absolute Gasteiger partial charge is 3.00 e. The van der Waals surface area contributed by atoms with Crippen LogP contribution in [-0.2, 0) is 26.2 Å². The van der Waals surface area contributed by atoms with Crippen LogP contribution in [0.15, 0.2) is 17.7 Å². The third-order valence-corrected chi connectivity index (χ3v) is 1.59. The summed E-state index contributed by atoms with van der Waals surface area (Å²) in [6.45, 7) is 2.23. The molecule has 1 aliphatic carbocycles. The molecule has 1 rings (SSSR count). The fourth-order valence-corrected chi connectivity index (χ4v) is 0.994. The van der Waals surface area contributed by atoms with Gasteiger partial charge in [0, 0.05) is 0 Å². The molecular weight excluding hydrogens is 270 g/mol. The fraction of sp³-hybridized carbons (Fsp3) is 0.556. The zero-order valence-electron chi connectivity index (χ0n) is 7.24. The van der Waals surface area contributed by atoms with E-state index in [2.05, 4.69) is 25.2 Å². The fourth-order valence-electron chi connectivity index (χ4n) is 0.994. The molecular formula is C9H13Cl2Zr. The molecule has 67 valence electrons. The van der Waals surface area contributed by atoms with E-state index in [9.17, 15) is 0 Å². The molecule has 0 unspecified atom stereocenters. The summed E-state index contributed by atoms with van der Waals surface area (Å²) < 4.78 is 0. The summed E-state index contributed by atoms with van der Waals surface area (Å²) in [6, 6.07) is 0. The van der Waals surface area contributed by atoms with Crippen LogP contribution in [0.2, 0.25) is 0 Å². The van der Waals surface area contributed by atoms with Crippen molar-refractivity contribution in [1.29, 1.82) is 0 Å². The maximum atomic E-state index is 3.16. The first-order valence-corrected chi connectivity index (χ1v) is 3.69. The summed E-state index contributed by atoms with van der Waals surface area (Å²) in [5.74, 6) is 0. The van der Waals surface area contributed by atoms with Crippen molar-refractivity contribution < 1.29 is 51.0 Å². The van der Waals surface area contributed by atoms with Gasteiger partial charge in [0.25, 0.3) is 0 Å². The number of halogens is 2. The van der Waals surface area contributed by atoms with Gasteiger partial charge in [0.1, 0.15) is 0 Å². The van der Waals surface area contributed by atoms with Crippen LogP contribution in [0.1, 0.15) is 32.6 Å². The normalized spacial score (nSPS) is 12.2. The summed E-state index contributed by atoms with van der Waals surface area (Å²) >= 11 is 0. The molecule has 0 bridgehead atoms. The van der Waals surface area contributed by atoms with Gasteiger partial charge in [0.15, 0.2) is 0 Å². The van der Waals surface area contributed by atoms with Gasteiger partial charge in [-0.25, -0.2) is 11.6 Å². The zero-order valence-corrected chi connectivity index (χ0v) is 11.2. The van der Waals surface area contributed by atoms with E-state index in [4.69, 9.17) is 0 Å². The monoisotopic (exact) mass is 281 g/mol. The number of hydrogen-bond acceptors (Lipinski definition) is 0. The van der Waals surface area contributed by atoms with Crippen LogP contribution < -0.4 is 24.8 Å². The van der Waals surface area contributed by atoms with Crippen molar-refractivity contribution in [2.45, 2.75) is 32.6 Å². The van der Waals surface area contributed by atoms with Gasteiger partial charge in [0.2, 0.25) is 0 Å². The van der Waals surface area contributed by atoms with E-state index >= 15 is 0 Å². The quantitative estimate of drug-likeness (QED) is 0.481. The van der Waals surface area contributed by atoms with Gasteiger partial charge in [-0.3, -0.25) is 6.08 Å². The molecule has 12 heavy (non-hydrogen) atoms. The molecule has 1 aliphatic rings. The molecule has 0 aromatic carbocycles. The number of hydrogen-bond donors (Lipinski definition) is 0. The Bertz CT molecular complexity index is 141. The first-order chi connectivity index (χ1) is 4.43. The molecule has 1 radical (unpaired) electrons. The minimum Gasteiger partial charge on any atom is -1.00 e. The van der Waals surface area contributed by atoms with Crippen molar-refractivity contribution in [2.75, 3.05) is 0 Å². The average molecular weight is 283 g/mol. The van der Waals surface area contributed by atoms with Gasteiger partial charge in [-0.05, 0) is 0 Å². The molecule has 0 aromatic heterocycles. The van der Waals surface area contributed by atoms with Crippen LogP contribution in [0.5, 0.6) is 0 Å². The Labute approximate surface area is 107 Å². The van der Waals surface area contributed by atoms with Gasteiger partial charge in [-0.1, -0.05) is 26.2 Å². The van der Waals surface area contributed by atoms with Crippen molar-refractivity contribution in [3.63, 3.8) is 0 Å². The van der Waals surface area contributed by atoms with Crippen molar-refractivity contribution >= 4 is 0 Å². The van der Waals surface area contributed by atoms with E-state index in [0.717, 1.165) is 6.42 Å². The van der Waals surface area contributed by atoms with Gasteiger partial charge in [-0.2, -0.15) is 6.08 Å². The molecule has 0 saturated carbocycles. The Balaban J connectivity index is -0.000000270. The van der Waals surface area contributed by atoms with Gasteiger partial charge >= 0.3 is 26.2 Å². The zero-order chi connectivity index (χ0) is 6.53. The predicted octanol–water partition coefficient (Wildman–Crippen LogP) is -3.13. The van der Waals surface area contributed by atoms with E-state index in [0.29, 0.717) is 0 Å². The first kappa shape index (κ1) is 18.7. The van der Waals surface area contributed by atoms with Gasteiger partial charge in [0.05, 0.1) is 0 Å². The Morgan fingerprint density at radius 2 is 2.08 bits per heavy atom. The van der Waals surface area contributed by atoms with E-state index in [1.165, 1.54) is 24.8 Å². The third kappa shape index (κ3) is 7.58. The van der Waals surface area contributed by atoms with E-state index in [1.54, 1.807) is 0 Å². The topological polar surface area (TPSA) is 0 Å². The molecule has 0 fully saturated rings. The Morgan fingerprint density at radius 3 is 2.50 bits per heavy atom. The third-order valence-electron chi connectivity index (χ3n) is 1.59. The minimum absolute atomic E-state index is 0. The van der Waals surface area contributed by atoms with Crippen molar-refractivity contribution in [3.05, 3.63) is 23.8 Å². The molecule has 0 atom stereocenters. The predicted molar refractivity (Wildman–Crippen MR) is 40.0 cm³/mol. The smallest absolute Gasteiger partial charge is 1.00 e. The summed E-state index contributed by atoms with van der Waals surface area (Å²) in [5.41, 5.74) is 1.48. The van der Waals surface area contributed by atoms with Crippen molar-refractivity contribution in [1.82, 2.24) is 0 Å². The molecule has 0 saturated heterocycles. The van der Waals surface area contributed by atoms with Crippen molar-refractivity contribution in [3.8, 4) is 0 Å². The molecule has 0 aliphatic heterocycles. The summed E-state index contributed by atoms with van der Waals surface area (Å²) in [5, 5.41) is 0. The van der Waals surface area contributed by atoms with Gasteiger partial charge in [-0.15, -0.1) is 6.42 Å². The molecule has 0 N–H and O–H groups in total. The second kappa shape index (κ2) is 11.9. The minimum atomic E-state index is 0. The van der Waals surface area contributed by atoms with Crippen LogP contribution in [0.25, 0.3) is 0 Å². The second-order valence-electron chi connectivity index (χ2n) is 2.44. The van der Waals surface area contributed by atoms with Crippen LogP contribution in [0.3, 0.4) is 0 Å². The SMILES string of the molecule is CCCCC1=CC[C-]=C1.[Cl-].[Cl-].[Zr+3]. The maximum absolute atomic E-state index is 3.16. The second-order valence-corrected chi connectivity index (χ2v) is 2.44. The first-order valence-electron chi connectivity index (χ1n) is 3.69. The molecule has 0 heterocycles. The Hall–Kier alpha value is 0.943. The number of unbranched alkanes of at least 4 members (excludes halogenated alkanes) is 1. The van der Waals surface area contributed by atoms with Crippen LogP contribution in [0, 0.1) is 6.08 Å². The molecule has 0 spiro atoms. The number of rotatable bonds is 3. The standard InChI is InChI=1S/C9H13.2ClH.Zr/c1-2-3-6-9-7-4-5-8-9;;;/h7-8H,2-4,6H2,1H3;2*1H;/q-1;;;+3/p-2. The van der Waals surface area contributed by atoms with Gasteiger partial charge < -0.3 is 24.8 Å². The Morgan fingerprint density at radius 1 is 1.42 bits per heavy atom. The molecule has 0 aromatic rings. The van der Waals surface area contributed by atoms with E-state index in [-0.39, 0.29) is 51.0 Å². The maximum Gasteiger partial charge on any atom is 3.00 e. The average Bonchev–Trinajstić information content (AvgIpc) is 2.34. The summed E-state index contributed by atoms with van der Waals surface area (Å²) in [4.78, 5) is 0. The number of allylic oxidation sites excluding steroid dienone is 4. The van der Waals surface area contributed by atoms with Crippen LogP contribution in [-0.4, -0.2) is 0 Å². The molecule has 3 heteroatoms. The summed E-state index contributed by atoms with van der Waals surface area (Å²) in [7, 11) is 0. The van der Waals surface area contributed by atoms with Crippen molar-refractivity contribution in [2.24, 2.45) is 0 Å².